The van der Waals surface area contributed by atoms with E-state index >= 15 is 0 Å². The van der Waals surface area contributed by atoms with Gasteiger partial charge in [0, 0.05) is 6.42 Å². The topological polar surface area (TPSA) is 9.23 Å². The summed E-state index contributed by atoms with van der Waals surface area (Å²) < 4.78 is 5.37. The highest BCUT2D eigenvalue weighted by molar-refractivity contribution is 5.22. The molecule has 1 heteroatoms. The number of hydrogen-bond donors (Lipinski definition) is 0. The summed E-state index contributed by atoms with van der Waals surface area (Å²) in [6, 6.07) is 10.4. The average Bonchev–Trinajstić information content (AvgIpc) is 2.02. The van der Waals surface area contributed by atoms with E-state index in [9.17, 15) is 0 Å². The summed E-state index contributed by atoms with van der Waals surface area (Å²) in [6.07, 6.45) is 2.41. The van der Waals surface area contributed by atoms with Crippen LogP contribution in [0.3, 0.4) is 0 Å². The van der Waals surface area contributed by atoms with Crippen LogP contribution in [0.15, 0.2) is 42.5 Å². The first-order valence-electron chi connectivity index (χ1n) is 4.69. The molecule has 1 saturated heterocycles. The monoisotopic (exact) mass is 174 g/mol. The van der Waals surface area contributed by atoms with Gasteiger partial charge < -0.3 is 4.74 Å². The van der Waals surface area contributed by atoms with E-state index in [0.717, 1.165) is 19.4 Å². The fraction of sp³-hybridized carbons (Fsp3) is 0.333. The van der Waals surface area contributed by atoms with Gasteiger partial charge in [-0.05, 0) is 17.6 Å². The molecule has 0 saturated carbocycles. The summed E-state index contributed by atoms with van der Waals surface area (Å²) in [6.45, 7) is 4.95. The Morgan fingerprint density at radius 2 is 2.08 bits per heavy atom. The highest BCUT2D eigenvalue weighted by atomic mass is 16.5. The smallest absolute Gasteiger partial charge is 0.0807 e. The number of hydrogen-bond acceptors (Lipinski definition) is 1. The summed E-state index contributed by atoms with van der Waals surface area (Å²) in [5, 5.41) is 0. The maximum absolute atomic E-state index is 5.37. The van der Waals surface area contributed by atoms with Crippen LogP contribution >= 0.6 is 0 Å². The Kier molecular flexibility index (Phi) is 2.46. The molecule has 1 aliphatic heterocycles. The van der Waals surface area contributed by atoms with Crippen molar-refractivity contribution in [3.05, 3.63) is 48.0 Å². The number of rotatable bonds is 3. The van der Waals surface area contributed by atoms with E-state index in [4.69, 9.17) is 4.74 Å². The molecular formula is C12H14O. The zero-order valence-corrected chi connectivity index (χ0v) is 7.70. The molecular weight excluding hydrogens is 160 g/mol. The van der Waals surface area contributed by atoms with Crippen molar-refractivity contribution in [1.29, 1.82) is 0 Å². The molecule has 1 heterocycles. The van der Waals surface area contributed by atoms with Crippen LogP contribution in [-0.4, -0.2) is 12.7 Å². The maximum atomic E-state index is 5.37. The summed E-state index contributed by atoms with van der Waals surface area (Å²) in [7, 11) is 0. The number of benzene rings is 1. The molecule has 0 aromatic heterocycles. The van der Waals surface area contributed by atoms with Crippen molar-refractivity contribution in [2.45, 2.75) is 18.9 Å². The third-order valence-corrected chi connectivity index (χ3v) is 2.43. The molecule has 1 nitrogen and oxygen atoms in total. The van der Waals surface area contributed by atoms with Crippen molar-refractivity contribution in [3.8, 4) is 0 Å². The fourth-order valence-corrected chi connectivity index (χ4v) is 1.53. The molecule has 1 aromatic carbocycles. The van der Waals surface area contributed by atoms with Crippen LogP contribution in [0.25, 0.3) is 0 Å². The van der Waals surface area contributed by atoms with Gasteiger partial charge in [0.2, 0.25) is 0 Å². The molecule has 0 radical (unpaired) electrons. The molecule has 2 rings (SSSR count). The van der Waals surface area contributed by atoms with Crippen LogP contribution in [0.4, 0.5) is 0 Å². The van der Waals surface area contributed by atoms with Crippen LogP contribution < -0.4 is 0 Å². The Hall–Kier alpha value is -1.08. The standard InChI is InChI=1S/C12H14O/c1-10(12-7-8-13-12)9-11-5-3-2-4-6-11/h2-6,12H,1,7-9H2/t12-/m1/s1. The van der Waals surface area contributed by atoms with Gasteiger partial charge in [0.1, 0.15) is 0 Å². The van der Waals surface area contributed by atoms with Crippen LogP contribution in [0, 0.1) is 0 Å². The molecule has 13 heavy (non-hydrogen) atoms. The van der Waals surface area contributed by atoms with Gasteiger partial charge >= 0.3 is 0 Å². The van der Waals surface area contributed by atoms with Gasteiger partial charge in [0.25, 0.3) is 0 Å². The minimum Gasteiger partial charge on any atom is -0.374 e. The Bertz CT molecular complexity index is 285. The average molecular weight is 174 g/mol. The lowest BCUT2D eigenvalue weighted by Gasteiger charge is -2.28. The van der Waals surface area contributed by atoms with Gasteiger partial charge in [0.15, 0.2) is 0 Å². The zero-order chi connectivity index (χ0) is 9.10. The van der Waals surface area contributed by atoms with Crippen molar-refractivity contribution < 1.29 is 4.74 Å². The maximum Gasteiger partial charge on any atom is 0.0807 e. The fourth-order valence-electron chi connectivity index (χ4n) is 1.53. The van der Waals surface area contributed by atoms with E-state index in [0.29, 0.717) is 6.10 Å². The molecule has 0 spiro atoms. The molecule has 0 bridgehead atoms. The second kappa shape index (κ2) is 3.75. The number of ether oxygens (including phenoxy) is 1. The van der Waals surface area contributed by atoms with E-state index < -0.39 is 0 Å². The lowest BCUT2D eigenvalue weighted by molar-refractivity contribution is -0.0269. The predicted octanol–water partition coefficient (Wildman–Crippen LogP) is 2.57. The lowest BCUT2D eigenvalue weighted by atomic mass is 9.98. The van der Waals surface area contributed by atoms with Gasteiger partial charge in [-0.15, -0.1) is 0 Å². The minimum atomic E-state index is 0.320. The van der Waals surface area contributed by atoms with Gasteiger partial charge in [0.05, 0.1) is 12.7 Å². The van der Waals surface area contributed by atoms with Crippen LogP contribution in [-0.2, 0) is 11.2 Å². The third-order valence-electron chi connectivity index (χ3n) is 2.43. The van der Waals surface area contributed by atoms with Crippen molar-refractivity contribution in [2.75, 3.05) is 6.61 Å². The zero-order valence-electron chi connectivity index (χ0n) is 7.70. The van der Waals surface area contributed by atoms with Crippen LogP contribution in [0.2, 0.25) is 0 Å². The van der Waals surface area contributed by atoms with Crippen LogP contribution in [0.5, 0.6) is 0 Å². The van der Waals surface area contributed by atoms with Crippen molar-refractivity contribution in [3.63, 3.8) is 0 Å². The third kappa shape index (κ3) is 1.99. The Labute approximate surface area is 79.0 Å². The summed E-state index contributed by atoms with van der Waals surface area (Å²) in [4.78, 5) is 0. The summed E-state index contributed by atoms with van der Waals surface area (Å²) >= 11 is 0. The van der Waals surface area contributed by atoms with Crippen molar-refractivity contribution in [1.82, 2.24) is 0 Å². The first-order chi connectivity index (χ1) is 6.36. The molecule has 0 N–H and O–H groups in total. The molecule has 1 aromatic rings. The van der Waals surface area contributed by atoms with E-state index in [1.54, 1.807) is 0 Å². The molecule has 68 valence electrons. The SMILES string of the molecule is C=C(Cc1ccccc1)[C@H]1CCO1. The summed E-state index contributed by atoms with van der Waals surface area (Å²) in [5.41, 5.74) is 2.53. The van der Waals surface area contributed by atoms with E-state index in [1.807, 2.05) is 6.07 Å². The molecule has 1 aliphatic rings. The van der Waals surface area contributed by atoms with E-state index in [-0.39, 0.29) is 0 Å². The van der Waals surface area contributed by atoms with Gasteiger partial charge in [-0.3, -0.25) is 0 Å². The first kappa shape index (κ1) is 8.52. The second-order valence-electron chi connectivity index (χ2n) is 3.47. The van der Waals surface area contributed by atoms with Crippen molar-refractivity contribution in [2.24, 2.45) is 0 Å². The molecule has 1 atom stereocenters. The second-order valence-corrected chi connectivity index (χ2v) is 3.47. The van der Waals surface area contributed by atoms with Gasteiger partial charge in [-0.1, -0.05) is 36.9 Å². The van der Waals surface area contributed by atoms with Gasteiger partial charge in [-0.2, -0.15) is 0 Å². The van der Waals surface area contributed by atoms with Gasteiger partial charge in [-0.25, -0.2) is 0 Å². The van der Waals surface area contributed by atoms with Crippen molar-refractivity contribution >= 4 is 0 Å². The van der Waals surface area contributed by atoms with E-state index in [2.05, 4.69) is 30.8 Å². The Balaban J connectivity index is 1.94. The van der Waals surface area contributed by atoms with E-state index in [1.165, 1.54) is 11.1 Å². The highest BCUT2D eigenvalue weighted by Gasteiger charge is 2.20. The molecule has 0 aliphatic carbocycles. The van der Waals surface area contributed by atoms with Crippen LogP contribution in [0.1, 0.15) is 12.0 Å². The quantitative estimate of drug-likeness (QED) is 0.640. The Morgan fingerprint density at radius 3 is 2.62 bits per heavy atom. The Morgan fingerprint density at radius 1 is 1.38 bits per heavy atom. The largest absolute Gasteiger partial charge is 0.374 e. The first-order valence-corrected chi connectivity index (χ1v) is 4.69. The molecule has 0 unspecified atom stereocenters. The highest BCUT2D eigenvalue weighted by Crippen LogP contribution is 2.21. The lowest BCUT2D eigenvalue weighted by Crippen LogP contribution is -2.29. The molecule has 0 amide bonds. The molecule has 1 fully saturated rings. The normalized spacial score (nSPS) is 20.8. The predicted molar refractivity (Wildman–Crippen MR) is 53.6 cm³/mol. The minimum absolute atomic E-state index is 0.320. The summed E-state index contributed by atoms with van der Waals surface area (Å²) in [5.74, 6) is 0.